The van der Waals surface area contributed by atoms with Crippen molar-refractivity contribution in [1.29, 1.82) is 0 Å². The van der Waals surface area contributed by atoms with Gasteiger partial charge >= 0.3 is 0 Å². The van der Waals surface area contributed by atoms with E-state index in [4.69, 9.17) is 5.73 Å². The van der Waals surface area contributed by atoms with Gasteiger partial charge in [0, 0.05) is 12.1 Å². The van der Waals surface area contributed by atoms with Crippen LogP contribution in [0.1, 0.15) is 27.9 Å². The van der Waals surface area contributed by atoms with Crippen LogP contribution in [0, 0.1) is 19.8 Å². The molecule has 0 saturated carbocycles. The van der Waals surface area contributed by atoms with E-state index in [1.807, 2.05) is 32.0 Å². The summed E-state index contributed by atoms with van der Waals surface area (Å²) >= 11 is 0. The van der Waals surface area contributed by atoms with Gasteiger partial charge in [0.25, 0.3) is 0 Å². The van der Waals surface area contributed by atoms with Crippen molar-refractivity contribution in [2.45, 2.75) is 20.3 Å². The van der Waals surface area contributed by atoms with E-state index in [0.29, 0.717) is 12.5 Å². The highest BCUT2D eigenvalue weighted by Gasteiger charge is 2.23. The molecular formula is C15H22N2O. The molecule has 2 N–H and O–H groups in total. The van der Waals surface area contributed by atoms with Crippen LogP contribution in [-0.2, 0) is 0 Å². The molecule has 2 rings (SSSR count). The molecule has 3 heteroatoms. The van der Waals surface area contributed by atoms with Gasteiger partial charge in [0.1, 0.15) is 0 Å². The molecule has 3 nitrogen and oxygen atoms in total. The molecular weight excluding hydrogens is 224 g/mol. The molecule has 0 radical (unpaired) electrons. The fourth-order valence-electron chi connectivity index (χ4n) is 2.57. The van der Waals surface area contributed by atoms with Crippen molar-refractivity contribution < 1.29 is 4.79 Å². The lowest BCUT2D eigenvalue weighted by Gasteiger charge is -2.15. The summed E-state index contributed by atoms with van der Waals surface area (Å²) in [7, 11) is 0. The number of likely N-dealkylation sites (tertiary alicyclic amines) is 1. The first-order valence-electron chi connectivity index (χ1n) is 6.63. The number of nitrogens with zero attached hydrogens (tertiary/aromatic N) is 1. The Morgan fingerprint density at radius 1 is 1.44 bits per heavy atom. The molecule has 1 unspecified atom stereocenters. The minimum atomic E-state index is 0.230. The number of benzene rings is 1. The maximum absolute atomic E-state index is 12.3. The number of aryl methyl sites for hydroxylation is 2. The van der Waals surface area contributed by atoms with Crippen LogP contribution in [0.4, 0.5) is 0 Å². The molecule has 1 heterocycles. The number of hydrogen-bond acceptors (Lipinski definition) is 3. The highest BCUT2D eigenvalue weighted by molar-refractivity contribution is 5.99. The summed E-state index contributed by atoms with van der Waals surface area (Å²) in [5.74, 6) is 0.797. The third kappa shape index (κ3) is 2.98. The number of rotatable bonds is 4. The fraction of sp³-hybridized carbons (Fsp3) is 0.533. The highest BCUT2D eigenvalue weighted by Crippen LogP contribution is 2.17. The summed E-state index contributed by atoms with van der Waals surface area (Å²) in [5, 5.41) is 0. The monoisotopic (exact) mass is 246 g/mol. The number of Topliss-reactive ketones (excluding diaryl/α,β-unsaturated/α-hetero) is 1. The van der Waals surface area contributed by atoms with Crippen LogP contribution in [0.15, 0.2) is 18.2 Å². The van der Waals surface area contributed by atoms with Crippen LogP contribution in [0.5, 0.6) is 0 Å². The maximum Gasteiger partial charge on any atom is 0.177 e. The number of ketones is 1. The van der Waals surface area contributed by atoms with Crippen LogP contribution in [-0.4, -0.2) is 36.9 Å². The van der Waals surface area contributed by atoms with E-state index in [0.717, 1.165) is 42.7 Å². The summed E-state index contributed by atoms with van der Waals surface area (Å²) in [6.45, 7) is 7.25. The second kappa shape index (κ2) is 5.63. The Bertz CT molecular complexity index is 442. The quantitative estimate of drug-likeness (QED) is 0.824. The number of carbonyl (C=O) groups excluding carboxylic acids is 1. The van der Waals surface area contributed by atoms with E-state index < -0.39 is 0 Å². The van der Waals surface area contributed by atoms with E-state index in [2.05, 4.69) is 4.90 Å². The number of carbonyl (C=O) groups is 1. The highest BCUT2D eigenvalue weighted by atomic mass is 16.1. The summed E-state index contributed by atoms with van der Waals surface area (Å²) in [4.78, 5) is 14.5. The Labute approximate surface area is 109 Å². The number of nitrogens with two attached hydrogens (primary N) is 1. The minimum absolute atomic E-state index is 0.230. The van der Waals surface area contributed by atoms with Gasteiger partial charge in [-0.2, -0.15) is 0 Å². The van der Waals surface area contributed by atoms with Gasteiger partial charge in [0.15, 0.2) is 5.78 Å². The average Bonchev–Trinajstić information content (AvgIpc) is 2.80. The lowest BCUT2D eigenvalue weighted by molar-refractivity contribution is 0.0943. The van der Waals surface area contributed by atoms with Crippen LogP contribution in [0.2, 0.25) is 0 Å². The third-order valence-electron chi connectivity index (χ3n) is 3.76. The normalized spacial score (nSPS) is 20.3. The lowest BCUT2D eigenvalue weighted by Crippen LogP contribution is -2.29. The molecule has 0 aliphatic carbocycles. The number of hydrogen-bond donors (Lipinski definition) is 1. The van der Waals surface area contributed by atoms with Crippen molar-refractivity contribution in [2.75, 3.05) is 26.2 Å². The summed E-state index contributed by atoms with van der Waals surface area (Å²) < 4.78 is 0. The van der Waals surface area contributed by atoms with Gasteiger partial charge in [0.2, 0.25) is 0 Å². The fourth-order valence-corrected chi connectivity index (χ4v) is 2.57. The zero-order valence-electron chi connectivity index (χ0n) is 11.3. The smallest absolute Gasteiger partial charge is 0.177 e. The van der Waals surface area contributed by atoms with Crippen molar-refractivity contribution >= 4 is 5.78 Å². The molecule has 1 fully saturated rings. The van der Waals surface area contributed by atoms with Gasteiger partial charge in [-0.25, -0.2) is 0 Å². The molecule has 0 aromatic heterocycles. The van der Waals surface area contributed by atoms with Crippen LogP contribution in [0.25, 0.3) is 0 Å². The van der Waals surface area contributed by atoms with Gasteiger partial charge in [-0.3, -0.25) is 9.69 Å². The maximum atomic E-state index is 12.3. The molecule has 1 aliphatic rings. The van der Waals surface area contributed by atoms with Gasteiger partial charge in [0.05, 0.1) is 6.54 Å². The Hall–Kier alpha value is -1.19. The zero-order chi connectivity index (χ0) is 13.1. The minimum Gasteiger partial charge on any atom is -0.330 e. The molecule has 0 spiro atoms. The van der Waals surface area contributed by atoms with Gasteiger partial charge in [-0.05, 0) is 50.9 Å². The summed E-state index contributed by atoms with van der Waals surface area (Å²) in [6.07, 6.45) is 1.12. The van der Waals surface area contributed by atoms with Crippen molar-refractivity contribution in [1.82, 2.24) is 4.90 Å². The second-order valence-electron chi connectivity index (χ2n) is 5.37. The Balaban J connectivity index is 2.02. The Morgan fingerprint density at radius 3 is 2.89 bits per heavy atom. The van der Waals surface area contributed by atoms with Crippen molar-refractivity contribution in [3.8, 4) is 0 Å². The molecule has 1 saturated heterocycles. The average molecular weight is 246 g/mol. The van der Waals surface area contributed by atoms with Gasteiger partial charge in [-0.1, -0.05) is 17.7 Å². The summed E-state index contributed by atoms with van der Waals surface area (Å²) in [5.41, 5.74) is 8.75. The first kappa shape index (κ1) is 13.2. The van der Waals surface area contributed by atoms with Crippen molar-refractivity contribution in [3.05, 3.63) is 34.9 Å². The van der Waals surface area contributed by atoms with Crippen LogP contribution >= 0.6 is 0 Å². The first-order chi connectivity index (χ1) is 8.60. The topological polar surface area (TPSA) is 46.3 Å². The lowest BCUT2D eigenvalue weighted by atomic mass is 10.0. The largest absolute Gasteiger partial charge is 0.330 e. The molecule has 98 valence electrons. The van der Waals surface area contributed by atoms with E-state index in [1.165, 1.54) is 0 Å². The van der Waals surface area contributed by atoms with Crippen molar-refractivity contribution in [2.24, 2.45) is 11.7 Å². The molecule has 1 aromatic rings. The van der Waals surface area contributed by atoms with E-state index in [9.17, 15) is 4.79 Å². The van der Waals surface area contributed by atoms with Crippen LogP contribution in [0.3, 0.4) is 0 Å². The Morgan fingerprint density at radius 2 is 2.22 bits per heavy atom. The molecule has 1 aliphatic heterocycles. The SMILES string of the molecule is Cc1ccc(C)c(C(=O)CN2CCC(CN)C2)c1. The standard InChI is InChI=1S/C15H22N2O/c1-11-3-4-12(2)14(7-11)15(18)10-17-6-5-13(8-16)9-17/h3-4,7,13H,5-6,8-10,16H2,1-2H3. The molecule has 1 aromatic carbocycles. The van der Waals surface area contributed by atoms with E-state index >= 15 is 0 Å². The second-order valence-corrected chi connectivity index (χ2v) is 5.37. The third-order valence-corrected chi connectivity index (χ3v) is 3.76. The molecule has 18 heavy (non-hydrogen) atoms. The first-order valence-corrected chi connectivity index (χ1v) is 6.63. The predicted octanol–water partition coefficient (Wildman–Crippen LogP) is 1.77. The Kier molecular flexibility index (Phi) is 4.15. The van der Waals surface area contributed by atoms with E-state index in [1.54, 1.807) is 0 Å². The van der Waals surface area contributed by atoms with Crippen LogP contribution < -0.4 is 5.73 Å². The van der Waals surface area contributed by atoms with Gasteiger partial charge < -0.3 is 5.73 Å². The van der Waals surface area contributed by atoms with Gasteiger partial charge in [-0.15, -0.1) is 0 Å². The van der Waals surface area contributed by atoms with E-state index in [-0.39, 0.29) is 5.78 Å². The zero-order valence-corrected chi connectivity index (χ0v) is 11.3. The molecule has 0 bridgehead atoms. The molecule has 0 amide bonds. The predicted molar refractivity (Wildman–Crippen MR) is 73.8 cm³/mol. The summed E-state index contributed by atoms with van der Waals surface area (Å²) in [6, 6.07) is 6.07. The van der Waals surface area contributed by atoms with Crippen molar-refractivity contribution in [3.63, 3.8) is 0 Å². The molecule has 1 atom stereocenters.